The first kappa shape index (κ1) is 15.6. The third kappa shape index (κ3) is 3.31. The van der Waals surface area contributed by atoms with Crippen molar-refractivity contribution in [3.8, 4) is 5.75 Å². The van der Waals surface area contributed by atoms with Crippen LogP contribution in [0.2, 0.25) is 5.02 Å². The summed E-state index contributed by atoms with van der Waals surface area (Å²) in [6, 6.07) is 4.48. The Kier molecular flexibility index (Phi) is 6.27. The molecule has 1 aliphatic rings. The minimum absolute atomic E-state index is 0. The highest BCUT2D eigenvalue weighted by Crippen LogP contribution is 2.34. The Morgan fingerprint density at radius 2 is 2.17 bits per heavy atom. The molecule has 18 heavy (non-hydrogen) atoms. The maximum Gasteiger partial charge on any atom is 0.122 e. The van der Waals surface area contributed by atoms with Gasteiger partial charge in [0.05, 0.1) is 7.11 Å². The molecular weight excluding hydrogens is 269 g/mol. The fraction of sp³-hybridized carbons (Fsp3) is 0.571. The van der Waals surface area contributed by atoms with E-state index in [-0.39, 0.29) is 12.4 Å². The normalized spacial score (nSPS) is 17.8. The maximum absolute atomic E-state index is 6.25. The van der Waals surface area contributed by atoms with Crippen LogP contribution in [0.15, 0.2) is 12.1 Å². The third-order valence-electron chi connectivity index (χ3n) is 3.43. The summed E-state index contributed by atoms with van der Waals surface area (Å²) in [5, 5.41) is 4.47. The standard InChI is InChI=1S/C14H20ClNO.ClH/c1-3-8-16-10-4-5-11-12(9-10)14(17-2)7-6-13(11)15;/h6-7,10,16H,3-5,8-9H2,1-2H3;1H. The molecule has 0 saturated heterocycles. The van der Waals surface area contributed by atoms with E-state index < -0.39 is 0 Å². The summed E-state index contributed by atoms with van der Waals surface area (Å²) < 4.78 is 5.43. The molecule has 4 heteroatoms. The van der Waals surface area contributed by atoms with Gasteiger partial charge in [-0.1, -0.05) is 18.5 Å². The molecule has 0 bridgehead atoms. The van der Waals surface area contributed by atoms with Crippen LogP contribution in [-0.4, -0.2) is 19.7 Å². The minimum atomic E-state index is 0. The molecule has 0 aromatic heterocycles. The predicted octanol–water partition coefficient (Wildman–Crippen LogP) is 3.63. The average molecular weight is 290 g/mol. The molecule has 2 rings (SSSR count). The summed E-state index contributed by atoms with van der Waals surface area (Å²) in [7, 11) is 1.73. The van der Waals surface area contributed by atoms with Crippen LogP contribution < -0.4 is 10.1 Å². The zero-order chi connectivity index (χ0) is 12.3. The number of methoxy groups -OCH3 is 1. The Morgan fingerprint density at radius 3 is 2.83 bits per heavy atom. The molecule has 2 nitrogen and oxygen atoms in total. The molecule has 1 aromatic carbocycles. The van der Waals surface area contributed by atoms with Crippen LogP contribution in [0, 0.1) is 0 Å². The van der Waals surface area contributed by atoms with E-state index in [0.717, 1.165) is 30.2 Å². The van der Waals surface area contributed by atoms with E-state index in [1.54, 1.807) is 7.11 Å². The molecule has 1 aliphatic carbocycles. The highest BCUT2D eigenvalue weighted by Gasteiger charge is 2.22. The van der Waals surface area contributed by atoms with Gasteiger partial charge in [-0.2, -0.15) is 0 Å². The molecule has 0 fully saturated rings. The lowest BCUT2D eigenvalue weighted by Gasteiger charge is -2.27. The second kappa shape index (κ2) is 7.22. The van der Waals surface area contributed by atoms with Gasteiger partial charge in [0.25, 0.3) is 0 Å². The molecule has 1 atom stereocenters. The molecule has 102 valence electrons. The number of halogens is 2. The molecule has 0 aliphatic heterocycles. The van der Waals surface area contributed by atoms with Crippen molar-refractivity contribution in [2.24, 2.45) is 0 Å². The quantitative estimate of drug-likeness (QED) is 0.914. The fourth-order valence-electron chi connectivity index (χ4n) is 2.52. The van der Waals surface area contributed by atoms with Crippen LogP contribution in [0.4, 0.5) is 0 Å². The van der Waals surface area contributed by atoms with Gasteiger partial charge < -0.3 is 10.1 Å². The van der Waals surface area contributed by atoms with Crippen molar-refractivity contribution in [2.45, 2.75) is 38.6 Å². The van der Waals surface area contributed by atoms with Crippen molar-refractivity contribution in [1.82, 2.24) is 5.32 Å². The lowest BCUT2D eigenvalue weighted by atomic mass is 9.87. The predicted molar refractivity (Wildman–Crippen MR) is 79.4 cm³/mol. The van der Waals surface area contributed by atoms with Crippen LogP contribution in [0.5, 0.6) is 5.75 Å². The summed E-state index contributed by atoms with van der Waals surface area (Å²) >= 11 is 6.25. The Hall–Kier alpha value is -0.440. The number of hydrogen-bond acceptors (Lipinski definition) is 2. The van der Waals surface area contributed by atoms with E-state index in [1.165, 1.54) is 24.0 Å². The van der Waals surface area contributed by atoms with Gasteiger partial charge in [0, 0.05) is 16.6 Å². The second-order valence-electron chi connectivity index (χ2n) is 4.60. The number of rotatable bonds is 4. The van der Waals surface area contributed by atoms with Gasteiger partial charge in [-0.05, 0) is 49.9 Å². The summed E-state index contributed by atoms with van der Waals surface area (Å²) in [4.78, 5) is 0. The van der Waals surface area contributed by atoms with Crippen LogP contribution in [-0.2, 0) is 12.8 Å². The van der Waals surface area contributed by atoms with E-state index in [4.69, 9.17) is 16.3 Å². The Balaban J connectivity index is 0.00000162. The number of nitrogens with one attached hydrogen (secondary N) is 1. The molecular formula is C14H21Cl2NO. The van der Waals surface area contributed by atoms with Gasteiger partial charge in [0.2, 0.25) is 0 Å². The monoisotopic (exact) mass is 289 g/mol. The summed E-state index contributed by atoms with van der Waals surface area (Å²) in [6.45, 7) is 3.28. The van der Waals surface area contributed by atoms with Crippen molar-refractivity contribution in [3.05, 3.63) is 28.3 Å². The number of ether oxygens (including phenoxy) is 1. The largest absolute Gasteiger partial charge is 0.496 e. The van der Waals surface area contributed by atoms with Gasteiger partial charge in [0.1, 0.15) is 5.75 Å². The van der Waals surface area contributed by atoms with E-state index in [9.17, 15) is 0 Å². The minimum Gasteiger partial charge on any atom is -0.496 e. The average Bonchev–Trinajstić information content (AvgIpc) is 2.37. The fourth-order valence-corrected chi connectivity index (χ4v) is 2.79. The third-order valence-corrected chi connectivity index (χ3v) is 3.78. The summed E-state index contributed by atoms with van der Waals surface area (Å²) in [5.74, 6) is 0.979. The van der Waals surface area contributed by atoms with E-state index in [0.29, 0.717) is 6.04 Å². The highest BCUT2D eigenvalue weighted by molar-refractivity contribution is 6.31. The van der Waals surface area contributed by atoms with E-state index >= 15 is 0 Å². The van der Waals surface area contributed by atoms with Gasteiger partial charge in [-0.3, -0.25) is 0 Å². The van der Waals surface area contributed by atoms with Crippen molar-refractivity contribution in [3.63, 3.8) is 0 Å². The second-order valence-corrected chi connectivity index (χ2v) is 5.01. The first-order valence-electron chi connectivity index (χ1n) is 6.33. The highest BCUT2D eigenvalue weighted by atomic mass is 35.5. The van der Waals surface area contributed by atoms with E-state index in [1.807, 2.05) is 12.1 Å². The van der Waals surface area contributed by atoms with E-state index in [2.05, 4.69) is 12.2 Å². The Labute approximate surface area is 120 Å². The first-order valence-corrected chi connectivity index (χ1v) is 6.71. The van der Waals surface area contributed by atoms with Gasteiger partial charge in [-0.25, -0.2) is 0 Å². The lowest BCUT2D eigenvalue weighted by molar-refractivity contribution is 0.394. The lowest BCUT2D eigenvalue weighted by Crippen LogP contribution is -2.35. The smallest absolute Gasteiger partial charge is 0.122 e. The molecule has 0 heterocycles. The van der Waals surface area contributed by atoms with Gasteiger partial charge in [-0.15, -0.1) is 12.4 Å². The molecule has 0 amide bonds. The zero-order valence-corrected chi connectivity index (χ0v) is 12.5. The van der Waals surface area contributed by atoms with Crippen molar-refractivity contribution >= 4 is 24.0 Å². The molecule has 1 unspecified atom stereocenters. The van der Waals surface area contributed by atoms with Crippen LogP contribution in [0.1, 0.15) is 30.9 Å². The van der Waals surface area contributed by atoms with Crippen molar-refractivity contribution in [2.75, 3.05) is 13.7 Å². The molecule has 0 radical (unpaired) electrons. The zero-order valence-electron chi connectivity index (χ0n) is 11.0. The Bertz CT molecular complexity index is 396. The van der Waals surface area contributed by atoms with Crippen molar-refractivity contribution < 1.29 is 4.74 Å². The Morgan fingerprint density at radius 1 is 1.39 bits per heavy atom. The molecule has 0 saturated carbocycles. The van der Waals surface area contributed by atoms with Crippen LogP contribution >= 0.6 is 24.0 Å². The summed E-state index contributed by atoms with van der Waals surface area (Å²) in [5.41, 5.74) is 2.57. The molecule has 1 aromatic rings. The molecule has 1 N–H and O–H groups in total. The number of fused-ring (bicyclic) bond motifs is 1. The first-order chi connectivity index (χ1) is 8.26. The van der Waals surface area contributed by atoms with Gasteiger partial charge in [0.15, 0.2) is 0 Å². The summed E-state index contributed by atoms with van der Waals surface area (Å²) in [6.07, 6.45) is 4.42. The number of hydrogen-bond donors (Lipinski definition) is 1. The number of benzene rings is 1. The van der Waals surface area contributed by atoms with Crippen LogP contribution in [0.3, 0.4) is 0 Å². The maximum atomic E-state index is 6.25. The van der Waals surface area contributed by atoms with Gasteiger partial charge >= 0.3 is 0 Å². The SMILES string of the molecule is CCCNC1CCc2c(Cl)ccc(OC)c2C1.Cl. The van der Waals surface area contributed by atoms with Crippen LogP contribution in [0.25, 0.3) is 0 Å². The van der Waals surface area contributed by atoms with Crippen molar-refractivity contribution in [1.29, 1.82) is 0 Å². The topological polar surface area (TPSA) is 21.3 Å². The molecule has 0 spiro atoms.